The highest BCUT2D eigenvalue weighted by molar-refractivity contribution is 5.97. The number of benzene rings is 1. The smallest absolute Gasteiger partial charge is 0.276 e. The molecule has 1 aliphatic rings. The Morgan fingerprint density at radius 2 is 1.66 bits per heavy atom. The maximum absolute atomic E-state index is 13.3. The van der Waals surface area contributed by atoms with E-state index in [1.165, 1.54) is 13.0 Å². The average Bonchev–Trinajstić information content (AvgIpc) is 3.42. The molecule has 6 N–H and O–H groups in total. The molecule has 2 heterocycles. The van der Waals surface area contributed by atoms with E-state index in [2.05, 4.69) is 31.7 Å². The first-order valence-corrected chi connectivity index (χ1v) is 14.2. The van der Waals surface area contributed by atoms with Gasteiger partial charge in [0, 0.05) is 25.6 Å². The Morgan fingerprint density at radius 3 is 2.27 bits per heavy atom. The summed E-state index contributed by atoms with van der Waals surface area (Å²) in [5.41, 5.74) is 0.677. The number of nitrogens with zero attached hydrogens (tertiary/aromatic N) is 2. The fourth-order valence-electron chi connectivity index (χ4n) is 4.44. The van der Waals surface area contributed by atoms with Gasteiger partial charge in [-0.15, -0.1) is 0 Å². The van der Waals surface area contributed by atoms with Crippen LogP contribution >= 0.6 is 0 Å². The molecule has 0 saturated carbocycles. The van der Waals surface area contributed by atoms with Gasteiger partial charge in [-0.2, -0.15) is 0 Å². The number of hydrogen-bond donors (Lipinski definition) is 6. The van der Waals surface area contributed by atoms with Gasteiger partial charge in [0.05, 0.1) is 13.2 Å². The molecule has 0 aliphatic carbocycles. The van der Waals surface area contributed by atoms with Gasteiger partial charge in [0.1, 0.15) is 29.9 Å². The Morgan fingerprint density at radius 1 is 0.977 bits per heavy atom. The Bertz CT molecular complexity index is 1350. The van der Waals surface area contributed by atoms with Crippen LogP contribution in [0.2, 0.25) is 0 Å². The molecule has 1 aliphatic heterocycles. The van der Waals surface area contributed by atoms with Gasteiger partial charge in [-0.3, -0.25) is 28.8 Å². The zero-order valence-electron chi connectivity index (χ0n) is 25.1. The summed E-state index contributed by atoms with van der Waals surface area (Å²) in [5.74, 6) is -4.18. The third-order valence-electron chi connectivity index (χ3n) is 6.90. The molecule has 1 saturated heterocycles. The number of hydrogen-bond acceptors (Lipinski definition) is 9. The van der Waals surface area contributed by atoms with Gasteiger partial charge in [0.15, 0.2) is 5.69 Å². The minimum absolute atomic E-state index is 0.0500. The summed E-state index contributed by atoms with van der Waals surface area (Å²) in [6.45, 7) is 4.87. The fraction of sp³-hybridized carbons (Fsp3) is 0.483. The molecule has 1 aromatic heterocycles. The van der Waals surface area contributed by atoms with Crippen molar-refractivity contribution < 1.29 is 38.4 Å². The van der Waals surface area contributed by atoms with Gasteiger partial charge >= 0.3 is 0 Å². The van der Waals surface area contributed by atoms with E-state index in [0.29, 0.717) is 5.76 Å². The molecule has 6 amide bonds. The van der Waals surface area contributed by atoms with E-state index in [1.807, 2.05) is 0 Å². The maximum atomic E-state index is 13.3. The van der Waals surface area contributed by atoms with Crippen molar-refractivity contribution in [1.82, 2.24) is 36.6 Å². The number of rotatable bonds is 5. The number of aryl methyl sites for hydroxylation is 1. The molecule has 44 heavy (non-hydrogen) atoms. The van der Waals surface area contributed by atoms with Crippen molar-refractivity contribution in [1.29, 1.82) is 0 Å². The van der Waals surface area contributed by atoms with E-state index >= 15 is 0 Å². The number of aliphatic hydroxyl groups is 1. The highest BCUT2D eigenvalue weighted by atomic mass is 16.5. The lowest BCUT2D eigenvalue weighted by molar-refractivity contribution is -0.135. The van der Waals surface area contributed by atoms with Crippen LogP contribution in [-0.4, -0.2) is 101 Å². The van der Waals surface area contributed by atoms with Crippen molar-refractivity contribution in [3.63, 3.8) is 0 Å². The second-order valence-corrected chi connectivity index (χ2v) is 10.9. The molecule has 1 fully saturated rings. The van der Waals surface area contributed by atoms with Gasteiger partial charge in [-0.1, -0.05) is 49.3 Å². The maximum Gasteiger partial charge on any atom is 0.276 e. The third kappa shape index (κ3) is 9.36. The first-order chi connectivity index (χ1) is 20.9. The summed E-state index contributed by atoms with van der Waals surface area (Å²) in [7, 11) is 0. The van der Waals surface area contributed by atoms with E-state index in [9.17, 15) is 33.9 Å². The van der Waals surface area contributed by atoms with Crippen LogP contribution in [-0.2, 0) is 30.4 Å². The largest absolute Gasteiger partial charge is 0.394 e. The Labute approximate surface area is 254 Å². The summed E-state index contributed by atoms with van der Waals surface area (Å²) in [6, 6.07) is 5.51. The summed E-state index contributed by atoms with van der Waals surface area (Å²) in [5, 5.41) is 26.4. The van der Waals surface area contributed by atoms with Crippen LogP contribution in [0.1, 0.15) is 42.6 Å². The molecule has 0 spiro atoms. The van der Waals surface area contributed by atoms with Crippen LogP contribution < -0.4 is 26.6 Å². The molecule has 15 heteroatoms. The summed E-state index contributed by atoms with van der Waals surface area (Å²) in [4.78, 5) is 79.8. The number of nitrogens with one attached hydrogen (secondary N) is 5. The molecule has 2 aromatic rings. The molecule has 0 radical (unpaired) electrons. The fourth-order valence-corrected chi connectivity index (χ4v) is 4.44. The average molecular weight is 614 g/mol. The molecular formula is C29H39N7O8. The normalized spacial score (nSPS) is 23.0. The van der Waals surface area contributed by atoms with Crippen LogP contribution in [0, 0.1) is 12.8 Å². The van der Waals surface area contributed by atoms with Crippen LogP contribution in [0.25, 0.3) is 0 Å². The van der Waals surface area contributed by atoms with Crippen molar-refractivity contribution in [3.8, 4) is 0 Å². The molecule has 3 rings (SSSR count). The molecule has 0 bridgehead atoms. The van der Waals surface area contributed by atoms with E-state index in [-0.39, 0.29) is 25.2 Å². The van der Waals surface area contributed by atoms with Crippen molar-refractivity contribution in [2.45, 2.75) is 58.3 Å². The number of carbonyl (C=O) groups is 6. The van der Waals surface area contributed by atoms with Crippen LogP contribution in [0.5, 0.6) is 0 Å². The SMILES string of the molecule is Cc1cc(C(=O)N2CCNC(=O)[C@@H](Cc3ccccc3)NC(=O)[C@H](CO)NC(=O)[C@H](C)NC(=O)[C@@H](C(C)C)NC(=O)C2)no1. The highest BCUT2D eigenvalue weighted by Gasteiger charge is 2.32. The van der Waals surface area contributed by atoms with Crippen molar-refractivity contribution >= 4 is 35.4 Å². The Balaban J connectivity index is 1.92. The minimum atomic E-state index is -1.42. The van der Waals surface area contributed by atoms with Crippen LogP contribution in [0.15, 0.2) is 40.9 Å². The summed E-state index contributed by atoms with van der Waals surface area (Å²) in [6.07, 6.45) is 0.0802. The number of aliphatic hydroxyl groups excluding tert-OH is 1. The molecule has 238 valence electrons. The van der Waals surface area contributed by atoms with Crippen molar-refractivity contribution in [2.24, 2.45) is 5.92 Å². The number of amides is 6. The topological polar surface area (TPSA) is 212 Å². The van der Waals surface area contributed by atoms with Gasteiger partial charge in [-0.05, 0) is 25.3 Å². The van der Waals surface area contributed by atoms with E-state index in [0.717, 1.165) is 10.5 Å². The Kier molecular flexibility index (Phi) is 12.0. The van der Waals surface area contributed by atoms with Gasteiger partial charge in [0.2, 0.25) is 29.5 Å². The van der Waals surface area contributed by atoms with Crippen LogP contribution in [0.3, 0.4) is 0 Å². The third-order valence-corrected chi connectivity index (χ3v) is 6.90. The summed E-state index contributed by atoms with van der Waals surface area (Å²) >= 11 is 0. The lowest BCUT2D eigenvalue weighted by Gasteiger charge is -2.28. The zero-order valence-corrected chi connectivity index (χ0v) is 25.1. The zero-order chi connectivity index (χ0) is 32.4. The number of carbonyl (C=O) groups excluding carboxylic acids is 6. The molecule has 0 unspecified atom stereocenters. The summed E-state index contributed by atoms with van der Waals surface area (Å²) < 4.78 is 5.00. The molecule has 4 atom stereocenters. The second-order valence-electron chi connectivity index (χ2n) is 10.9. The minimum Gasteiger partial charge on any atom is -0.394 e. The van der Waals surface area contributed by atoms with Gasteiger partial charge in [0.25, 0.3) is 5.91 Å². The highest BCUT2D eigenvalue weighted by Crippen LogP contribution is 2.09. The molecule has 15 nitrogen and oxygen atoms in total. The van der Waals surface area contributed by atoms with E-state index < -0.39 is 78.7 Å². The number of aromatic nitrogens is 1. The van der Waals surface area contributed by atoms with Crippen LogP contribution in [0.4, 0.5) is 0 Å². The van der Waals surface area contributed by atoms with Gasteiger partial charge in [-0.25, -0.2) is 0 Å². The second kappa shape index (κ2) is 15.6. The Hall–Kier alpha value is -4.79. The standard InChI is InChI=1S/C29H39N7O8/c1-16(2)24-28(42)31-18(4)25(39)33-22(15-37)27(41)32-20(13-19-8-6-5-7-9-19)26(40)30-10-11-36(14-23(38)34-24)29(43)21-12-17(3)44-35-21/h5-9,12,16,18,20,22,24,37H,10-11,13-15H2,1-4H3,(H,30,40)(H,31,42)(H,32,41)(H,33,39)(H,34,38)/t18-,20+,22-,24+/m0/s1. The van der Waals surface area contributed by atoms with E-state index in [1.54, 1.807) is 51.1 Å². The van der Waals surface area contributed by atoms with Crippen molar-refractivity contribution in [3.05, 3.63) is 53.4 Å². The van der Waals surface area contributed by atoms with Gasteiger partial charge < -0.3 is 41.1 Å². The first-order valence-electron chi connectivity index (χ1n) is 14.2. The lowest BCUT2D eigenvalue weighted by atomic mass is 10.0. The van der Waals surface area contributed by atoms with Crippen molar-refractivity contribution in [2.75, 3.05) is 26.2 Å². The van der Waals surface area contributed by atoms with E-state index in [4.69, 9.17) is 4.52 Å². The predicted molar refractivity (Wildman–Crippen MR) is 156 cm³/mol. The predicted octanol–water partition coefficient (Wildman–Crippen LogP) is -1.59. The first kappa shape index (κ1) is 33.7. The quantitative estimate of drug-likeness (QED) is 0.229. The lowest BCUT2D eigenvalue weighted by Crippen LogP contribution is -2.60. The monoisotopic (exact) mass is 613 g/mol. The molecule has 1 aromatic carbocycles. The molecular weight excluding hydrogens is 574 g/mol.